The highest BCUT2D eigenvalue weighted by molar-refractivity contribution is 5.75. The Morgan fingerprint density at radius 2 is 1.96 bits per heavy atom. The molecule has 1 saturated carbocycles. The Morgan fingerprint density at radius 3 is 2.78 bits per heavy atom. The highest BCUT2D eigenvalue weighted by atomic mass is 16.3. The second-order valence-electron chi connectivity index (χ2n) is 7.86. The molecule has 2 N–H and O–H groups in total. The van der Waals surface area contributed by atoms with E-state index in [1.807, 2.05) is 24.5 Å². The van der Waals surface area contributed by atoms with Crippen molar-refractivity contribution in [2.75, 3.05) is 18.0 Å². The topological polar surface area (TPSA) is 87.0 Å². The van der Waals surface area contributed by atoms with E-state index in [0.29, 0.717) is 17.7 Å². The minimum atomic E-state index is -0.391. The Labute approximate surface area is 156 Å². The Bertz CT molecular complexity index is 1040. The van der Waals surface area contributed by atoms with Crippen molar-refractivity contribution in [3.8, 4) is 0 Å². The van der Waals surface area contributed by atoms with Gasteiger partial charge in [-0.25, -0.2) is 9.97 Å². The number of anilines is 1. The predicted octanol–water partition coefficient (Wildman–Crippen LogP) is 1.88. The van der Waals surface area contributed by atoms with Gasteiger partial charge in [-0.05, 0) is 43.7 Å². The lowest BCUT2D eigenvalue weighted by Gasteiger charge is -2.36. The van der Waals surface area contributed by atoms with E-state index in [2.05, 4.69) is 30.5 Å². The molecule has 1 aliphatic heterocycles. The molecule has 3 aromatic rings. The van der Waals surface area contributed by atoms with Gasteiger partial charge in [0, 0.05) is 19.2 Å². The second-order valence-corrected chi connectivity index (χ2v) is 7.86. The molecule has 0 radical (unpaired) electrons. The zero-order valence-corrected chi connectivity index (χ0v) is 15.2. The minimum absolute atomic E-state index is 0.0347. The lowest BCUT2D eigenvalue weighted by atomic mass is 9.77. The summed E-state index contributed by atoms with van der Waals surface area (Å²) in [5.41, 5.74) is 1.92. The van der Waals surface area contributed by atoms with E-state index in [1.165, 1.54) is 0 Å². The van der Waals surface area contributed by atoms with Crippen molar-refractivity contribution in [1.82, 2.24) is 19.5 Å². The van der Waals surface area contributed by atoms with Crippen LogP contribution in [-0.2, 0) is 0 Å². The summed E-state index contributed by atoms with van der Waals surface area (Å²) in [5.74, 6) is 2.27. The average molecular weight is 365 g/mol. The monoisotopic (exact) mass is 365 g/mol. The number of nitrogens with one attached hydrogen (secondary N) is 1. The molecule has 0 amide bonds. The van der Waals surface area contributed by atoms with Crippen molar-refractivity contribution >= 4 is 16.9 Å². The van der Waals surface area contributed by atoms with Crippen LogP contribution in [0, 0.1) is 18.8 Å². The molecule has 7 heteroatoms. The molecule has 4 atom stereocenters. The van der Waals surface area contributed by atoms with E-state index < -0.39 is 6.10 Å². The molecule has 2 fully saturated rings. The van der Waals surface area contributed by atoms with Gasteiger partial charge in [-0.2, -0.15) is 0 Å². The maximum Gasteiger partial charge on any atom is 0.252 e. The van der Waals surface area contributed by atoms with Gasteiger partial charge in [0.1, 0.15) is 11.6 Å². The van der Waals surface area contributed by atoms with Crippen molar-refractivity contribution in [3.05, 3.63) is 52.8 Å². The normalized spacial score (nSPS) is 27.9. The van der Waals surface area contributed by atoms with Crippen LogP contribution in [-0.4, -0.2) is 43.8 Å². The largest absolute Gasteiger partial charge is 0.391 e. The standard InChI is InChI=1S/C20H23N5O2/c1-12-22-19(8-20(27)23-12)24-9-13-6-17(18(26)7-14(13)10-24)25-11-21-15-4-2-3-5-16(15)25/h2-5,8,11,13-14,17-18,26H,6-7,9-10H2,1H3,(H,22,23,27)/t13-,14+,17-,18-/m1/s1. The van der Waals surface area contributed by atoms with E-state index in [1.54, 1.807) is 13.0 Å². The van der Waals surface area contributed by atoms with Crippen LogP contribution in [0.2, 0.25) is 0 Å². The van der Waals surface area contributed by atoms with Crippen LogP contribution in [0.25, 0.3) is 11.0 Å². The molecule has 1 aliphatic carbocycles. The van der Waals surface area contributed by atoms with E-state index in [-0.39, 0.29) is 11.6 Å². The van der Waals surface area contributed by atoms with Gasteiger partial charge in [-0.15, -0.1) is 0 Å². The molecule has 0 spiro atoms. The molecule has 2 aromatic heterocycles. The number of imidazole rings is 1. The predicted molar refractivity (Wildman–Crippen MR) is 103 cm³/mol. The van der Waals surface area contributed by atoms with Crippen molar-refractivity contribution in [2.24, 2.45) is 11.8 Å². The van der Waals surface area contributed by atoms with Crippen LogP contribution in [0.3, 0.4) is 0 Å². The maximum absolute atomic E-state index is 11.8. The molecule has 0 bridgehead atoms. The van der Waals surface area contributed by atoms with E-state index >= 15 is 0 Å². The van der Waals surface area contributed by atoms with Gasteiger partial charge in [-0.3, -0.25) is 4.79 Å². The second kappa shape index (κ2) is 6.20. The first-order valence-electron chi connectivity index (χ1n) is 9.51. The summed E-state index contributed by atoms with van der Waals surface area (Å²) in [6.45, 7) is 3.52. The Balaban J connectivity index is 1.41. The minimum Gasteiger partial charge on any atom is -0.391 e. The van der Waals surface area contributed by atoms with Crippen LogP contribution in [0.15, 0.2) is 41.5 Å². The van der Waals surface area contributed by atoms with Gasteiger partial charge in [0.2, 0.25) is 0 Å². The lowest BCUT2D eigenvalue weighted by Crippen LogP contribution is -2.36. The number of hydrogen-bond acceptors (Lipinski definition) is 5. The van der Waals surface area contributed by atoms with Crippen molar-refractivity contribution in [2.45, 2.75) is 31.9 Å². The number of benzene rings is 1. The third-order valence-corrected chi connectivity index (χ3v) is 6.12. The number of hydrogen-bond donors (Lipinski definition) is 2. The van der Waals surface area contributed by atoms with E-state index in [0.717, 1.165) is 42.8 Å². The molecular weight excluding hydrogens is 342 g/mol. The smallest absolute Gasteiger partial charge is 0.252 e. The molecule has 0 unspecified atom stereocenters. The molecule has 140 valence electrons. The Hall–Kier alpha value is -2.67. The number of fused-ring (bicyclic) bond motifs is 2. The molecule has 27 heavy (non-hydrogen) atoms. The van der Waals surface area contributed by atoms with Crippen LogP contribution in [0.4, 0.5) is 5.82 Å². The van der Waals surface area contributed by atoms with Crippen molar-refractivity contribution < 1.29 is 5.11 Å². The van der Waals surface area contributed by atoms with Gasteiger partial charge in [-0.1, -0.05) is 12.1 Å². The number of aromatic nitrogens is 4. The summed E-state index contributed by atoms with van der Waals surface area (Å²) >= 11 is 0. The fraction of sp³-hybridized carbons (Fsp3) is 0.450. The van der Waals surface area contributed by atoms with Crippen LogP contribution >= 0.6 is 0 Å². The quantitative estimate of drug-likeness (QED) is 0.724. The zero-order chi connectivity index (χ0) is 18.5. The number of nitrogens with zero attached hydrogens (tertiary/aromatic N) is 4. The summed E-state index contributed by atoms with van der Waals surface area (Å²) in [6, 6.07) is 9.66. The molecule has 1 aromatic carbocycles. The van der Waals surface area contributed by atoms with Crippen molar-refractivity contribution in [1.29, 1.82) is 0 Å². The molecule has 5 rings (SSSR count). The molecular formula is C20H23N5O2. The zero-order valence-electron chi connectivity index (χ0n) is 15.2. The third-order valence-electron chi connectivity index (χ3n) is 6.12. The summed E-state index contributed by atoms with van der Waals surface area (Å²) in [6.07, 6.45) is 3.14. The molecule has 2 aliphatic rings. The molecule has 7 nitrogen and oxygen atoms in total. The van der Waals surface area contributed by atoms with Gasteiger partial charge >= 0.3 is 0 Å². The summed E-state index contributed by atoms with van der Waals surface area (Å²) in [5, 5.41) is 10.9. The van der Waals surface area contributed by atoms with Crippen molar-refractivity contribution in [3.63, 3.8) is 0 Å². The highest BCUT2D eigenvalue weighted by Crippen LogP contribution is 2.42. The summed E-state index contributed by atoms with van der Waals surface area (Å²) in [4.78, 5) is 25.7. The molecule has 3 heterocycles. The first-order chi connectivity index (χ1) is 13.1. The number of H-pyrrole nitrogens is 1. The SMILES string of the molecule is Cc1nc(N2C[C@H]3C[C@@H](n4cnc5ccccc54)[C@H](O)C[C@H]3C2)cc(=O)[nH]1. The number of aryl methyl sites for hydroxylation is 1. The number of para-hydroxylation sites is 2. The number of aromatic amines is 1. The average Bonchev–Trinajstić information content (AvgIpc) is 3.24. The number of aliphatic hydroxyl groups excluding tert-OH is 1. The summed E-state index contributed by atoms with van der Waals surface area (Å²) < 4.78 is 2.13. The fourth-order valence-electron chi connectivity index (χ4n) is 4.86. The first-order valence-corrected chi connectivity index (χ1v) is 9.51. The molecule has 1 saturated heterocycles. The van der Waals surface area contributed by atoms with Gasteiger partial charge in [0.15, 0.2) is 0 Å². The van der Waals surface area contributed by atoms with E-state index in [4.69, 9.17) is 0 Å². The summed E-state index contributed by atoms with van der Waals surface area (Å²) in [7, 11) is 0. The van der Waals surface area contributed by atoms with Crippen LogP contribution < -0.4 is 10.5 Å². The Kier molecular flexibility index (Phi) is 3.79. The first kappa shape index (κ1) is 16.5. The van der Waals surface area contributed by atoms with Gasteiger partial charge < -0.3 is 19.6 Å². The van der Waals surface area contributed by atoms with Gasteiger partial charge in [0.25, 0.3) is 5.56 Å². The highest BCUT2D eigenvalue weighted by Gasteiger charge is 2.43. The lowest BCUT2D eigenvalue weighted by molar-refractivity contribution is 0.0375. The van der Waals surface area contributed by atoms with E-state index in [9.17, 15) is 9.90 Å². The van der Waals surface area contributed by atoms with Crippen LogP contribution in [0.1, 0.15) is 24.7 Å². The van der Waals surface area contributed by atoms with Crippen LogP contribution in [0.5, 0.6) is 0 Å². The number of aliphatic hydroxyl groups is 1. The maximum atomic E-state index is 11.8. The third kappa shape index (κ3) is 2.82. The number of rotatable bonds is 2. The fourth-order valence-corrected chi connectivity index (χ4v) is 4.86. The van der Waals surface area contributed by atoms with Gasteiger partial charge in [0.05, 0.1) is 29.5 Å². The Morgan fingerprint density at radius 1 is 1.19 bits per heavy atom.